The van der Waals surface area contributed by atoms with Crippen LogP contribution in [0.3, 0.4) is 0 Å². The first-order valence-corrected chi connectivity index (χ1v) is 9.58. The molecular formula is C18H23N3O4S. The molecule has 0 radical (unpaired) electrons. The van der Waals surface area contributed by atoms with Gasteiger partial charge in [0.25, 0.3) is 5.69 Å². The van der Waals surface area contributed by atoms with Crippen molar-refractivity contribution >= 4 is 21.4 Å². The first-order chi connectivity index (χ1) is 12.1. The van der Waals surface area contributed by atoms with E-state index in [4.69, 9.17) is 0 Å². The molecule has 2 rings (SSSR count). The highest BCUT2D eigenvalue weighted by Crippen LogP contribution is 2.38. The number of anilines is 1. The molecule has 0 aromatic heterocycles. The Morgan fingerprint density at radius 3 is 2.19 bits per heavy atom. The minimum atomic E-state index is -3.76. The van der Waals surface area contributed by atoms with Crippen LogP contribution < -0.4 is 10.0 Å². The fraction of sp³-hybridized carbons (Fsp3) is 0.333. The number of rotatable bonds is 6. The topological polar surface area (TPSA) is 101 Å². The quantitative estimate of drug-likeness (QED) is 0.590. The average Bonchev–Trinajstić information content (AvgIpc) is 2.59. The number of benzene rings is 2. The van der Waals surface area contributed by atoms with Gasteiger partial charge in [-0.3, -0.25) is 10.1 Å². The van der Waals surface area contributed by atoms with E-state index in [1.54, 1.807) is 0 Å². The Labute approximate surface area is 153 Å². The summed E-state index contributed by atoms with van der Waals surface area (Å²) in [7, 11) is -2.50. The lowest BCUT2D eigenvalue weighted by Gasteiger charge is -2.32. The summed E-state index contributed by atoms with van der Waals surface area (Å²) in [6.07, 6.45) is 0. The summed E-state index contributed by atoms with van der Waals surface area (Å²) in [4.78, 5) is 10.8. The fourth-order valence-electron chi connectivity index (χ4n) is 2.67. The SMILES string of the molecule is CNS(=O)(=O)c1ccc(NC(c2ccccc2)C(C)(C)C)c([N+](=O)[O-])c1. The van der Waals surface area contributed by atoms with Crippen molar-refractivity contribution in [1.82, 2.24) is 4.72 Å². The van der Waals surface area contributed by atoms with Crippen LogP contribution in [0.1, 0.15) is 32.4 Å². The van der Waals surface area contributed by atoms with E-state index in [2.05, 4.69) is 10.0 Å². The van der Waals surface area contributed by atoms with Crippen molar-refractivity contribution < 1.29 is 13.3 Å². The summed E-state index contributed by atoms with van der Waals surface area (Å²) in [5.74, 6) is 0. The number of sulfonamides is 1. The van der Waals surface area contributed by atoms with Crippen molar-refractivity contribution in [3.63, 3.8) is 0 Å². The van der Waals surface area contributed by atoms with Crippen molar-refractivity contribution in [3.8, 4) is 0 Å². The number of nitrogens with one attached hydrogen (secondary N) is 2. The molecule has 0 bridgehead atoms. The van der Waals surface area contributed by atoms with Gasteiger partial charge in [0.05, 0.1) is 15.9 Å². The maximum atomic E-state index is 11.9. The van der Waals surface area contributed by atoms with E-state index >= 15 is 0 Å². The summed E-state index contributed by atoms with van der Waals surface area (Å²) < 4.78 is 26.0. The molecule has 0 heterocycles. The van der Waals surface area contributed by atoms with Crippen LogP contribution in [-0.2, 0) is 10.0 Å². The lowest BCUT2D eigenvalue weighted by molar-refractivity contribution is -0.384. The second-order valence-corrected chi connectivity index (χ2v) is 8.88. The van der Waals surface area contributed by atoms with Crippen molar-refractivity contribution in [3.05, 3.63) is 64.2 Å². The zero-order valence-electron chi connectivity index (χ0n) is 15.2. The molecule has 0 aliphatic rings. The molecule has 0 saturated carbocycles. The van der Waals surface area contributed by atoms with Crippen LogP contribution in [0.2, 0.25) is 0 Å². The van der Waals surface area contributed by atoms with Crippen LogP contribution in [0.5, 0.6) is 0 Å². The largest absolute Gasteiger partial charge is 0.372 e. The summed E-state index contributed by atoms with van der Waals surface area (Å²) in [6.45, 7) is 6.09. The number of nitrogens with zero attached hydrogens (tertiary/aromatic N) is 1. The van der Waals surface area contributed by atoms with E-state index < -0.39 is 14.9 Å². The highest BCUT2D eigenvalue weighted by atomic mass is 32.2. The molecule has 0 fully saturated rings. The second-order valence-electron chi connectivity index (χ2n) is 7.00. The van der Waals surface area contributed by atoms with Gasteiger partial charge in [-0.1, -0.05) is 51.1 Å². The Balaban J connectivity index is 2.51. The normalized spacial score (nSPS) is 13.2. The lowest BCUT2D eigenvalue weighted by atomic mass is 9.82. The molecule has 2 N–H and O–H groups in total. The van der Waals surface area contributed by atoms with Crippen LogP contribution in [-0.4, -0.2) is 20.4 Å². The fourth-order valence-corrected chi connectivity index (χ4v) is 3.42. The summed E-state index contributed by atoms with van der Waals surface area (Å²) in [6, 6.07) is 13.3. The molecule has 7 nitrogen and oxygen atoms in total. The Hall–Kier alpha value is -2.45. The van der Waals surface area contributed by atoms with Crippen LogP contribution in [0.15, 0.2) is 53.4 Å². The van der Waals surface area contributed by atoms with Gasteiger partial charge in [0.15, 0.2) is 0 Å². The third-order valence-electron chi connectivity index (χ3n) is 4.04. The van der Waals surface area contributed by atoms with Gasteiger partial charge in [0, 0.05) is 6.07 Å². The van der Waals surface area contributed by atoms with Crippen LogP contribution >= 0.6 is 0 Å². The van der Waals surface area contributed by atoms with E-state index in [0.29, 0.717) is 0 Å². The molecule has 26 heavy (non-hydrogen) atoms. The molecule has 0 aliphatic carbocycles. The maximum absolute atomic E-state index is 11.9. The molecule has 0 saturated heterocycles. The third-order valence-corrected chi connectivity index (χ3v) is 5.46. The lowest BCUT2D eigenvalue weighted by Crippen LogP contribution is -2.26. The number of hydrogen-bond acceptors (Lipinski definition) is 5. The number of nitro groups is 1. The van der Waals surface area contributed by atoms with E-state index in [0.717, 1.165) is 11.6 Å². The molecule has 1 unspecified atom stereocenters. The van der Waals surface area contributed by atoms with Crippen LogP contribution in [0.25, 0.3) is 0 Å². The van der Waals surface area contributed by atoms with Crippen molar-refractivity contribution in [1.29, 1.82) is 0 Å². The van der Waals surface area contributed by atoms with E-state index in [9.17, 15) is 18.5 Å². The highest BCUT2D eigenvalue weighted by molar-refractivity contribution is 7.89. The van der Waals surface area contributed by atoms with Gasteiger partial charge in [-0.2, -0.15) is 0 Å². The standard InChI is InChI=1S/C18H23N3O4S/c1-18(2,3)17(13-8-6-5-7-9-13)20-15-11-10-14(26(24,25)19-4)12-16(15)21(22)23/h5-12,17,19-20H,1-4H3. The molecule has 0 spiro atoms. The zero-order valence-corrected chi connectivity index (χ0v) is 16.0. The molecular weight excluding hydrogens is 354 g/mol. The van der Waals surface area contributed by atoms with E-state index in [1.807, 2.05) is 51.1 Å². The van der Waals surface area contributed by atoms with Gasteiger partial charge in [-0.05, 0) is 30.2 Å². The molecule has 0 aliphatic heterocycles. The van der Waals surface area contributed by atoms with Gasteiger partial charge in [0.1, 0.15) is 5.69 Å². The van der Waals surface area contributed by atoms with Crippen LogP contribution in [0, 0.1) is 15.5 Å². The maximum Gasteiger partial charge on any atom is 0.293 e. The predicted octanol–water partition coefficient (Wildman–Crippen LogP) is 3.70. The van der Waals surface area contributed by atoms with Gasteiger partial charge in [-0.25, -0.2) is 13.1 Å². The van der Waals surface area contributed by atoms with E-state index in [-0.39, 0.29) is 27.7 Å². The minimum absolute atomic E-state index is 0.149. The smallest absolute Gasteiger partial charge is 0.293 e. The summed E-state index contributed by atoms with van der Waals surface area (Å²) >= 11 is 0. The first-order valence-electron chi connectivity index (χ1n) is 8.10. The van der Waals surface area contributed by atoms with Gasteiger partial charge in [0.2, 0.25) is 10.0 Å². The molecule has 2 aromatic carbocycles. The second kappa shape index (κ2) is 7.43. The highest BCUT2D eigenvalue weighted by Gasteiger charge is 2.29. The Morgan fingerprint density at radius 1 is 1.08 bits per heavy atom. The molecule has 1 atom stereocenters. The van der Waals surface area contributed by atoms with Gasteiger partial charge >= 0.3 is 0 Å². The first kappa shape index (κ1) is 19.9. The van der Waals surface area contributed by atoms with Gasteiger partial charge < -0.3 is 5.32 Å². The molecule has 2 aromatic rings. The average molecular weight is 377 g/mol. The summed E-state index contributed by atoms with van der Waals surface area (Å²) in [5, 5.41) is 14.7. The summed E-state index contributed by atoms with van der Waals surface area (Å²) in [5.41, 5.74) is 0.742. The molecule has 140 valence electrons. The Kier molecular flexibility index (Phi) is 5.68. The molecule has 0 amide bonds. The molecule has 8 heteroatoms. The third kappa shape index (κ3) is 4.39. The van der Waals surface area contributed by atoms with Crippen molar-refractivity contribution in [2.24, 2.45) is 5.41 Å². The van der Waals surface area contributed by atoms with Crippen molar-refractivity contribution in [2.45, 2.75) is 31.7 Å². The monoisotopic (exact) mass is 377 g/mol. The Bertz CT molecular complexity index is 890. The predicted molar refractivity (Wildman–Crippen MR) is 102 cm³/mol. The Morgan fingerprint density at radius 2 is 1.69 bits per heavy atom. The number of hydrogen-bond donors (Lipinski definition) is 2. The minimum Gasteiger partial charge on any atom is -0.372 e. The van der Waals surface area contributed by atoms with E-state index in [1.165, 1.54) is 19.2 Å². The van der Waals surface area contributed by atoms with Gasteiger partial charge in [-0.15, -0.1) is 0 Å². The van der Waals surface area contributed by atoms with Crippen LogP contribution in [0.4, 0.5) is 11.4 Å². The van der Waals surface area contributed by atoms with Crippen molar-refractivity contribution in [2.75, 3.05) is 12.4 Å². The zero-order chi connectivity index (χ0) is 19.5. The number of nitro benzene ring substituents is 1.